The highest BCUT2D eigenvalue weighted by atomic mass is 35.5. The van der Waals surface area contributed by atoms with Crippen LogP contribution in [-0.4, -0.2) is 44.6 Å². The Kier molecular flexibility index (Phi) is 7.68. The number of rotatable bonds is 8. The summed E-state index contributed by atoms with van der Waals surface area (Å²) in [5, 5.41) is 13.0. The molecule has 6 rings (SSSR count). The maximum absolute atomic E-state index is 14.1. The van der Waals surface area contributed by atoms with Crippen molar-refractivity contribution in [2.75, 3.05) is 18.1 Å². The number of ether oxygens (including phenoxy) is 1. The highest BCUT2D eigenvalue weighted by Crippen LogP contribution is 2.35. The number of carbonyl (C=O) groups excluding carboxylic acids is 2. The van der Waals surface area contributed by atoms with Gasteiger partial charge in [-0.1, -0.05) is 41.9 Å². The molecular formula is C31H29ClFN5O4. The molecule has 2 N–H and O–H groups in total. The van der Waals surface area contributed by atoms with Crippen LogP contribution >= 0.6 is 11.6 Å². The van der Waals surface area contributed by atoms with Crippen molar-refractivity contribution in [3.63, 3.8) is 0 Å². The summed E-state index contributed by atoms with van der Waals surface area (Å²) in [6.45, 7) is 1.58. The average molecular weight is 590 g/mol. The first-order valence-corrected chi connectivity index (χ1v) is 14.0. The van der Waals surface area contributed by atoms with Crippen LogP contribution in [0.1, 0.15) is 34.7 Å². The van der Waals surface area contributed by atoms with E-state index >= 15 is 0 Å². The lowest BCUT2D eigenvalue weighted by Crippen LogP contribution is -2.50. The lowest BCUT2D eigenvalue weighted by molar-refractivity contribution is -0.120. The molecule has 1 aromatic heterocycles. The number of aliphatic hydroxyl groups is 1. The molecule has 11 heteroatoms. The number of nitrogens with zero attached hydrogens (tertiary/aromatic N) is 4. The maximum atomic E-state index is 14.1. The van der Waals surface area contributed by atoms with Gasteiger partial charge in [0.25, 0.3) is 0 Å². The number of aromatic nitrogens is 2. The van der Waals surface area contributed by atoms with Crippen molar-refractivity contribution in [2.45, 2.75) is 32.2 Å². The Morgan fingerprint density at radius 3 is 2.62 bits per heavy atom. The molecule has 2 aliphatic rings. The fourth-order valence-corrected chi connectivity index (χ4v) is 5.74. The van der Waals surface area contributed by atoms with E-state index < -0.39 is 11.8 Å². The predicted octanol–water partition coefficient (Wildman–Crippen LogP) is 4.95. The second-order valence-electron chi connectivity index (χ2n) is 10.4. The third-order valence-electron chi connectivity index (χ3n) is 7.83. The van der Waals surface area contributed by atoms with Crippen LogP contribution in [0.3, 0.4) is 0 Å². The van der Waals surface area contributed by atoms with E-state index in [2.05, 4.69) is 27.3 Å². The number of urea groups is 1. The van der Waals surface area contributed by atoms with Gasteiger partial charge in [0.15, 0.2) is 0 Å². The molecule has 4 aromatic rings. The Morgan fingerprint density at radius 2 is 1.88 bits per heavy atom. The van der Waals surface area contributed by atoms with Gasteiger partial charge in [-0.2, -0.15) is 0 Å². The van der Waals surface area contributed by atoms with E-state index in [4.69, 9.17) is 16.3 Å². The molecule has 3 aromatic carbocycles. The Labute approximate surface area is 247 Å². The number of nitrogens with one attached hydrogen (secondary N) is 1. The minimum absolute atomic E-state index is 0.0143. The van der Waals surface area contributed by atoms with E-state index in [-0.39, 0.29) is 31.6 Å². The van der Waals surface area contributed by atoms with E-state index in [1.165, 1.54) is 16.5 Å². The summed E-state index contributed by atoms with van der Waals surface area (Å²) in [4.78, 5) is 32.2. The van der Waals surface area contributed by atoms with Crippen molar-refractivity contribution < 1.29 is 23.8 Å². The van der Waals surface area contributed by atoms with Crippen LogP contribution in [0.25, 0.3) is 11.4 Å². The van der Waals surface area contributed by atoms with Crippen molar-refractivity contribution in [1.82, 2.24) is 19.8 Å². The molecule has 9 nitrogen and oxygen atoms in total. The van der Waals surface area contributed by atoms with Crippen molar-refractivity contribution >= 4 is 29.4 Å². The van der Waals surface area contributed by atoms with Gasteiger partial charge in [-0.25, -0.2) is 14.2 Å². The van der Waals surface area contributed by atoms with E-state index in [0.717, 1.165) is 16.7 Å². The second kappa shape index (κ2) is 11.6. The molecule has 0 bridgehead atoms. The highest BCUT2D eigenvalue weighted by molar-refractivity contribution is 6.31. The van der Waals surface area contributed by atoms with Crippen LogP contribution in [-0.2, 0) is 31.5 Å². The van der Waals surface area contributed by atoms with Crippen molar-refractivity contribution in [3.8, 4) is 17.1 Å². The van der Waals surface area contributed by atoms with Crippen LogP contribution in [0.15, 0.2) is 66.9 Å². The molecule has 1 saturated heterocycles. The van der Waals surface area contributed by atoms with Crippen LogP contribution in [0, 0.1) is 5.82 Å². The zero-order valence-electron chi connectivity index (χ0n) is 22.9. The summed E-state index contributed by atoms with van der Waals surface area (Å²) in [5.41, 5.74) is 4.46. The number of imidazole rings is 1. The first-order valence-electron chi connectivity index (χ1n) is 13.6. The Morgan fingerprint density at radius 1 is 1.10 bits per heavy atom. The number of carbonyl (C=O) groups is 2. The molecule has 0 aliphatic carbocycles. The third kappa shape index (κ3) is 5.36. The number of imide groups is 1. The fraction of sp³-hybridized carbons (Fsp3) is 0.258. The molecule has 216 valence electrons. The summed E-state index contributed by atoms with van der Waals surface area (Å²) in [6.07, 6.45) is 1.88. The van der Waals surface area contributed by atoms with Crippen LogP contribution < -0.4 is 15.0 Å². The zero-order chi connectivity index (χ0) is 29.4. The van der Waals surface area contributed by atoms with Gasteiger partial charge in [-0.15, -0.1) is 0 Å². The second-order valence-corrected chi connectivity index (χ2v) is 10.8. The van der Waals surface area contributed by atoms with E-state index in [1.807, 2.05) is 41.9 Å². The SMILES string of the molecule is Cn1c(N2CCC(=O)NC2=O)cnc1-c1ccc2c(c1)CN(C(CO)c1ccc(OCc3c(F)cccc3Cl)cc1)C2. The number of fused-ring (bicyclic) bond motifs is 1. The number of benzene rings is 3. The Hall–Kier alpha value is -4.25. The lowest BCUT2D eigenvalue weighted by atomic mass is 10.1. The highest BCUT2D eigenvalue weighted by Gasteiger charge is 2.29. The normalized spacial score (nSPS) is 16.0. The summed E-state index contributed by atoms with van der Waals surface area (Å²) in [7, 11) is 1.85. The molecule has 1 atom stereocenters. The standard InChI is InChI=1S/C31H29ClFN5O4/c1-36-29(38-12-11-28(40)35-31(38)41)14-34-30(36)20-5-6-21-15-37(16-22(21)13-20)27(17-39)19-7-9-23(10-8-19)42-18-24-25(32)3-2-4-26(24)33/h2-10,13-14,27,39H,11-12,15-18H2,1H3,(H,35,40,41). The smallest absolute Gasteiger partial charge is 0.329 e. The predicted molar refractivity (Wildman–Crippen MR) is 155 cm³/mol. The minimum atomic E-state index is -0.450. The summed E-state index contributed by atoms with van der Waals surface area (Å²) >= 11 is 6.10. The minimum Gasteiger partial charge on any atom is -0.489 e. The number of aliphatic hydroxyl groups excluding tert-OH is 1. The quantitative estimate of drug-likeness (QED) is 0.302. The molecule has 42 heavy (non-hydrogen) atoms. The summed E-state index contributed by atoms with van der Waals surface area (Å²) < 4.78 is 21.7. The van der Waals surface area contributed by atoms with Gasteiger partial charge in [0.2, 0.25) is 5.91 Å². The molecule has 3 amide bonds. The fourth-order valence-electron chi connectivity index (χ4n) is 5.53. The van der Waals surface area contributed by atoms with Gasteiger partial charge in [0, 0.05) is 44.2 Å². The Balaban J connectivity index is 1.14. The van der Waals surface area contributed by atoms with E-state index in [0.29, 0.717) is 47.6 Å². The van der Waals surface area contributed by atoms with E-state index in [1.54, 1.807) is 18.3 Å². The maximum Gasteiger partial charge on any atom is 0.329 e. The van der Waals surface area contributed by atoms with Crippen LogP contribution in [0.2, 0.25) is 5.02 Å². The molecule has 0 radical (unpaired) electrons. The number of hydrogen-bond acceptors (Lipinski definition) is 6. The molecule has 2 aliphatic heterocycles. The van der Waals surface area contributed by atoms with Gasteiger partial charge in [-0.05, 0) is 47.0 Å². The van der Waals surface area contributed by atoms with Crippen LogP contribution in [0.5, 0.6) is 5.75 Å². The monoisotopic (exact) mass is 589 g/mol. The van der Waals surface area contributed by atoms with Crippen molar-refractivity contribution in [3.05, 3.63) is 100.0 Å². The first-order chi connectivity index (χ1) is 20.3. The van der Waals surface area contributed by atoms with Gasteiger partial charge in [-0.3, -0.25) is 19.9 Å². The Bertz CT molecular complexity index is 1640. The molecule has 1 fully saturated rings. The van der Waals surface area contributed by atoms with Gasteiger partial charge in [0.1, 0.15) is 29.8 Å². The lowest BCUT2D eigenvalue weighted by Gasteiger charge is -2.26. The van der Waals surface area contributed by atoms with E-state index in [9.17, 15) is 19.1 Å². The van der Waals surface area contributed by atoms with Gasteiger partial charge in [0.05, 0.1) is 23.9 Å². The third-order valence-corrected chi connectivity index (χ3v) is 8.18. The average Bonchev–Trinajstić information content (AvgIpc) is 3.57. The first kappa shape index (κ1) is 27.9. The largest absolute Gasteiger partial charge is 0.489 e. The number of anilines is 1. The number of halogens is 2. The molecular weight excluding hydrogens is 561 g/mol. The van der Waals surface area contributed by atoms with Gasteiger partial charge >= 0.3 is 6.03 Å². The van der Waals surface area contributed by atoms with Crippen LogP contribution in [0.4, 0.5) is 15.0 Å². The number of amides is 3. The topological polar surface area (TPSA) is 99.9 Å². The molecule has 1 unspecified atom stereocenters. The summed E-state index contributed by atoms with van der Waals surface area (Å²) in [6, 6.07) is 17.5. The molecule has 0 spiro atoms. The van der Waals surface area contributed by atoms with Gasteiger partial charge < -0.3 is 14.4 Å². The number of hydrogen-bond donors (Lipinski definition) is 2. The zero-order valence-corrected chi connectivity index (χ0v) is 23.6. The van der Waals surface area contributed by atoms with Crippen molar-refractivity contribution in [2.24, 2.45) is 7.05 Å². The molecule has 3 heterocycles. The molecule has 0 saturated carbocycles. The van der Waals surface area contributed by atoms with Crippen molar-refractivity contribution in [1.29, 1.82) is 0 Å². The summed E-state index contributed by atoms with van der Waals surface area (Å²) in [5.74, 6) is 1.21.